The lowest BCUT2D eigenvalue weighted by atomic mass is 9.95. The fourth-order valence-corrected chi connectivity index (χ4v) is 3.40. The number of amides is 1. The predicted octanol–water partition coefficient (Wildman–Crippen LogP) is 2.14. The van der Waals surface area contributed by atoms with E-state index >= 15 is 0 Å². The van der Waals surface area contributed by atoms with Gasteiger partial charge in [-0.3, -0.25) is 19.8 Å². The Morgan fingerprint density at radius 1 is 1.12 bits per heavy atom. The number of nitrogens with zero attached hydrogens (tertiary/aromatic N) is 2. The van der Waals surface area contributed by atoms with Crippen LogP contribution in [0.2, 0.25) is 0 Å². The second-order valence-corrected chi connectivity index (χ2v) is 6.16. The molecule has 3 aliphatic rings. The smallest absolute Gasteiger partial charge is 0.258 e. The highest BCUT2D eigenvalue weighted by molar-refractivity contribution is 6.00. The van der Waals surface area contributed by atoms with E-state index in [9.17, 15) is 14.9 Å². The molecule has 1 amide bonds. The third-order valence-electron chi connectivity index (χ3n) is 4.69. The number of carbonyl (C=O) groups excluding carboxylic acids is 1. The van der Waals surface area contributed by atoms with E-state index in [-0.39, 0.29) is 22.9 Å². The monoisotopic (exact) mass is 332 g/mol. The minimum Gasteiger partial charge on any atom is -0.283 e. The molecule has 5 nitrogen and oxygen atoms in total. The Morgan fingerprint density at radius 3 is 2.72 bits per heavy atom. The van der Waals surface area contributed by atoms with E-state index in [2.05, 4.69) is 12.1 Å². The first kappa shape index (κ1) is 15.3. The van der Waals surface area contributed by atoms with Gasteiger partial charge in [0.25, 0.3) is 5.91 Å². The molecule has 0 saturated heterocycles. The highest BCUT2D eigenvalue weighted by atomic mass is 16.6. The zero-order valence-corrected chi connectivity index (χ0v) is 13.5. The number of rotatable bonds is 2. The SMILES string of the molecule is O=C(C1=CC=C([N+](=O)[O-])CC1)N1C=c2ccccc2=C2CC=CC=C21. The molecule has 1 aromatic rings. The van der Waals surface area contributed by atoms with Crippen molar-refractivity contribution in [1.82, 2.24) is 4.90 Å². The van der Waals surface area contributed by atoms with Crippen LogP contribution in [0.5, 0.6) is 0 Å². The molecule has 1 heterocycles. The third-order valence-corrected chi connectivity index (χ3v) is 4.69. The van der Waals surface area contributed by atoms with Crippen LogP contribution in [0.15, 0.2) is 71.6 Å². The van der Waals surface area contributed by atoms with Crippen LogP contribution in [0.25, 0.3) is 11.8 Å². The number of benzene rings is 1. The van der Waals surface area contributed by atoms with Gasteiger partial charge in [0.2, 0.25) is 5.70 Å². The molecule has 0 atom stereocenters. The Hall–Kier alpha value is -3.21. The van der Waals surface area contributed by atoms with Crippen LogP contribution in [-0.2, 0) is 4.79 Å². The minimum absolute atomic E-state index is 0.118. The molecule has 5 heteroatoms. The van der Waals surface area contributed by atoms with Crippen molar-refractivity contribution < 1.29 is 9.72 Å². The summed E-state index contributed by atoms with van der Waals surface area (Å²) < 4.78 is 0. The molecule has 0 radical (unpaired) electrons. The largest absolute Gasteiger partial charge is 0.283 e. The maximum absolute atomic E-state index is 13.0. The van der Waals surface area contributed by atoms with E-state index in [4.69, 9.17) is 0 Å². The van der Waals surface area contributed by atoms with Crippen molar-refractivity contribution in [2.75, 3.05) is 0 Å². The van der Waals surface area contributed by atoms with Gasteiger partial charge >= 0.3 is 0 Å². The van der Waals surface area contributed by atoms with E-state index in [1.54, 1.807) is 11.0 Å². The number of carbonyl (C=O) groups is 1. The third kappa shape index (κ3) is 2.63. The lowest BCUT2D eigenvalue weighted by molar-refractivity contribution is -0.428. The quantitative estimate of drug-likeness (QED) is 0.616. The van der Waals surface area contributed by atoms with E-state index in [0.717, 1.165) is 28.1 Å². The van der Waals surface area contributed by atoms with Gasteiger partial charge in [0, 0.05) is 24.3 Å². The summed E-state index contributed by atoms with van der Waals surface area (Å²) in [4.78, 5) is 25.2. The first-order valence-corrected chi connectivity index (χ1v) is 8.20. The Bertz CT molecular complexity index is 1030. The normalized spacial score (nSPS) is 18.3. The van der Waals surface area contributed by atoms with Crippen molar-refractivity contribution in [3.05, 3.63) is 92.2 Å². The zero-order chi connectivity index (χ0) is 17.4. The van der Waals surface area contributed by atoms with Crippen LogP contribution in [0, 0.1) is 10.1 Å². The first-order chi connectivity index (χ1) is 12.1. The van der Waals surface area contributed by atoms with Gasteiger partial charge in [-0.2, -0.15) is 0 Å². The lowest BCUT2D eigenvalue weighted by Gasteiger charge is -2.29. The van der Waals surface area contributed by atoms with Gasteiger partial charge in [-0.25, -0.2) is 0 Å². The van der Waals surface area contributed by atoms with E-state index in [1.165, 1.54) is 6.08 Å². The van der Waals surface area contributed by atoms with Crippen molar-refractivity contribution in [2.24, 2.45) is 0 Å². The molecule has 0 aromatic heterocycles. The fourth-order valence-electron chi connectivity index (χ4n) is 3.40. The Labute approximate surface area is 144 Å². The van der Waals surface area contributed by atoms with Crippen molar-refractivity contribution in [3.63, 3.8) is 0 Å². The van der Waals surface area contributed by atoms with Crippen LogP contribution in [0.4, 0.5) is 0 Å². The van der Waals surface area contributed by atoms with Crippen LogP contribution >= 0.6 is 0 Å². The maximum atomic E-state index is 13.0. The second-order valence-electron chi connectivity index (χ2n) is 6.16. The average Bonchev–Trinajstić information content (AvgIpc) is 2.67. The summed E-state index contributed by atoms with van der Waals surface area (Å²) in [6.07, 6.45) is 12.3. The van der Waals surface area contributed by atoms with Gasteiger partial charge in [-0.15, -0.1) is 0 Å². The molecule has 0 spiro atoms. The van der Waals surface area contributed by atoms with E-state index in [0.29, 0.717) is 12.0 Å². The Kier molecular flexibility index (Phi) is 3.69. The number of hydrogen-bond donors (Lipinski definition) is 0. The molecule has 0 bridgehead atoms. The van der Waals surface area contributed by atoms with Gasteiger partial charge in [-0.1, -0.05) is 36.4 Å². The van der Waals surface area contributed by atoms with Gasteiger partial charge in [0.15, 0.2) is 0 Å². The molecule has 1 aliphatic heterocycles. The summed E-state index contributed by atoms with van der Waals surface area (Å²) in [6.45, 7) is 0. The van der Waals surface area contributed by atoms with Crippen LogP contribution in [0.3, 0.4) is 0 Å². The van der Waals surface area contributed by atoms with Crippen molar-refractivity contribution in [1.29, 1.82) is 0 Å². The summed E-state index contributed by atoms with van der Waals surface area (Å²) in [5.41, 5.74) is 2.76. The van der Waals surface area contributed by atoms with Crippen molar-refractivity contribution in [2.45, 2.75) is 19.3 Å². The molecule has 0 fully saturated rings. The summed E-state index contributed by atoms with van der Waals surface area (Å²) >= 11 is 0. The lowest BCUT2D eigenvalue weighted by Crippen LogP contribution is -2.40. The highest BCUT2D eigenvalue weighted by Gasteiger charge is 2.27. The van der Waals surface area contributed by atoms with Crippen molar-refractivity contribution in [3.8, 4) is 0 Å². The summed E-state index contributed by atoms with van der Waals surface area (Å²) in [5, 5.41) is 13.0. The van der Waals surface area contributed by atoms with Gasteiger partial charge in [-0.05, 0) is 41.0 Å². The summed E-state index contributed by atoms with van der Waals surface area (Å²) in [6, 6.07) is 8.03. The van der Waals surface area contributed by atoms with Crippen LogP contribution in [-0.4, -0.2) is 15.7 Å². The molecule has 4 rings (SSSR count). The molecule has 0 saturated carbocycles. The minimum atomic E-state index is -0.388. The summed E-state index contributed by atoms with van der Waals surface area (Å²) in [5.74, 6) is -0.118. The van der Waals surface area contributed by atoms with Crippen molar-refractivity contribution >= 4 is 17.7 Å². The van der Waals surface area contributed by atoms with Crippen LogP contribution in [0.1, 0.15) is 19.3 Å². The highest BCUT2D eigenvalue weighted by Crippen LogP contribution is 2.29. The molecule has 0 N–H and O–H groups in total. The Morgan fingerprint density at radius 2 is 1.96 bits per heavy atom. The van der Waals surface area contributed by atoms with Gasteiger partial charge in [0.1, 0.15) is 0 Å². The first-order valence-electron chi connectivity index (χ1n) is 8.20. The molecule has 25 heavy (non-hydrogen) atoms. The molecule has 0 unspecified atom stereocenters. The molecule has 124 valence electrons. The van der Waals surface area contributed by atoms with Gasteiger partial charge < -0.3 is 0 Å². The topological polar surface area (TPSA) is 63.4 Å². The fraction of sp³-hybridized carbons (Fsp3) is 0.150. The number of fused-ring (bicyclic) bond motifs is 2. The zero-order valence-electron chi connectivity index (χ0n) is 13.5. The number of allylic oxidation sites excluding steroid dienone is 7. The maximum Gasteiger partial charge on any atom is 0.258 e. The van der Waals surface area contributed by atoms with Crippen LogP contribution < -0.4 is 10.4 Å². The number of hydrogen-bond acceptors (Lipinski definition) is 3. The van der Waals surface area contributed by atoms with E-state index in [1.807, 2.05) is 36.6 Å². The molecule has 1 aromatic carbocycles. The molecular formula is C20H16N2O3. The summed E-state index contributed by atoms with van der Waals surface area (Å²) in [7, 11) is 0. The molecular weight excluding hydrogens is 316 g/mol. The standard InChI is InChI=1S/C20H16N2O3/c23-20(14-9-11-16(12-10-14)22(24)25)21-13-15-5-1-2-6-17(15)18-7-3-4-8-19(18)21/h1-6,8-9,11,13H,7,10,12H2. The number of nitro groups is 1. The molecule has 2 aliphatic carbocycles. The average molecular weight is 332 g/mol. The van der Waals surface area contributed by atoms with E-state index < -0.39 is 0 Å². The Balaban J connectivity index is 1.77. The predicted molar refractivity (Wildman–Crippen MR) is 94.6 cm³/mol. The van der Waals surface area contributed by atoms with Gasteiger partial charge in [0.05, 0.1) is 10.6 Å². The second kappa shape index (κ2) is 6.02.